The fourth-order valence-corrected chi connectivity index (χ4v) is 1.96. The number of hydrogen-bond acceptors (Lipinski definition) is 3. The molecule has 1 N–H and O–H groups in total. The van der Waals surface area contributed by atoms with Gasteiger partial charge < -0.3 is 10.1 Å². The predicted molar refractivity (Wildman–Crippen MR) is 77.2 cm³/mol. The van der Waals surface area contributed by atoms with E-state index in [9.17, 15) is 0 Å². The Morgan fingerprint density at radius 3 is 2.63 bits per heavy atom. The minimum atomic E-state index is 0.504. The van der Waals surface area contributed by atoms with Crippen molar-refractivity contribution in [2.75, 3.05) is 7.05 Å². The van der Waals surface area contributed by atoms with E-state index >= 15 is 0 Å². The Kier molecular flexibility index (Phi) is 4.53. The summed E-state index contributed by atoms with van der Waals surface area (Å²) in [4.78, 5) is 4.39. The molecule has 0 atom stereocenters. The first-order chi connectivity index (χ1) is 9.19. The molecule has 0 spiro atoms. The molecule has 0 amide bonds. The fourth-order valence-electron chi connectivity index (χ4n) is 1.96. The van der Waals surface area contributed by atoms with Gasteiger partial charge in [-0.25, -0.2) is 0 Å². The maximum atomic E-state index is 5.80. The van der Waals surface area contributed by atoms with Gasteiger partial charge in [0, 0.05) is 12.7 Å². The van der Waals surface area contributed by atoms with Gasteiger partial charge >= 0.3 is 0 Å². The maximum absolute atomic E-state index is 5.80. The number of nitrogens with zero attached hydrogens (tertiary/aromatic N) is 1. The van der Waals surface area contributed by atoms with Gasteiger partial charge in [0.1, 0.15) is 12.4 Å². The predicted octanol–water partition coefficient (Wildman–Crippen LogP) is 3.00. The Hall–Kier alpha value is -1.87. The number of nitrogens with one attached hydrogen (secondary N) is 1. The molecule has 0 aliphatic rings. The zero-order chi connectivity index (χ0) is 13.7. The Morgan fingerprint density at radius 2 is 2.00 bits per heavy atom. The molecule has 1 aromatic carbocycles. The van der Waals surface area contributed by atoms with Crippen LogP contribution >= 0.6 is 0 Å². The van der Waals surface area contributed by atoms with E-state index in [1.54, 1.807) is 0 Å². The van der Waals surface area contributed by atoms with Crippen LogP contribution in [0.4, 0.5) is 0 Å². The van der Waals surface area contributed by atoms with Crippen molar-refractivity contribution in [2.24, 2.45) is 0 Å². The van der Waals surface area contributed by atoms with Crippen LogP contribution < -0.4 is 10.1 Å². The van der Waals surface area contributed by atoms with E-state index in [4.69, 9.17) is 4.74 Å². The lowest BCUT2D eigenvalue weighted by molar-refractivity contribution is 0.299. The molecule has 2 rings (SSSR count). The molecule has 19 heavy (non-hydrogen) atoms. The Balaban J connectivity index is 1.98. The van der Waals surface area contributed by atoms with Gasteiger partial charge in [0.2, 0.25) is 0 Å². The van der Waals surface area contributed by atoms with Crippen molar-refractivity contribution in [3.8, 4) is 5.75 Å². The van der Waals surface area contributed by atoms with Crippen molar-refractivity contribution in [1.82, 2.24) is 10.3 Å². The standard InChI is InChI=1S/C16H20N2O/c1-12-4-7-16(13(2)8-12)19-11-15-6-5-14(9-17-3)10-18-15/h4-8,10,17H,9,11H2,1-3H3. The Labute approximate surface area is 114 Å². The largest absolute Gasteiger partial charge is 0.487 e. The summed E-state index contributed by atoms with van der Waals surface area (Å²) in [7, 11) is 1.93. The lowest BCUT2D eigenvalue weighted by atomic mass is 10.1. The van der Waals surface area contributed by atoms with Crippen LogP contribution in [0.25, 0.3) is 0 Å². The second-order valence-electron chi connectivity index (χ2n) is 4.75. The van der Waals surface area contributed by atoms with Crippen molar-refractivity contribution in [3.63, 3.8) is 0 Å². The molecule has 0 saturated heterocycles. The third-order valence-electron chi connectivity index (χ3n) is 2.97. The molecule has 0 bridgehead atoms. The van der Waals surface area contributed by atoms with Crippen LogP contribution in [-0.2, 0) is 13.2 Å². The molecule has 0 unspecified atom stereocenters. The lowest BCUT2D eigenvalue weighted by Crippen LogP contribution is -2.06. The molecular formula is C16H20N2O. The first-order valence-corrected chi connectivity index (χ1v) is 6.47. The fraction of sp³-hybridized carbons (Fsp3) is 0.312. The smallest absolute Gasteiger partial charge is 0.130 e. The molecule has 1 aromatic heterocycles. The SMILES string of the molecule is CNCc1ccc(COc2ccc(C)cc2C)nc1. The van der Waals surface area contributed by atoms with Crippen LogP contribution in [0.3, 0.4) is 0 Å². The second kappa shape index (κ2) is 6.34. The molecule has 0 fully saturated rings. The van der Waals surface area contributed by atoms with E-state index in [1.165, 1.54) is 11.1 Å². The highest BCUT2D eigenvalue weighted by molar-refractivity contribution is 5.35. The van der Waals surface area contributed by atoms with E-state index in [-0.39, 0.29) is 0 Å². The van der Waals surface area contributed by atoms with Gasteiger partial charge in [-0.05, 0) is 44.2 Å². The molecule has 2 aromatic rings. The number of benzene rings is 1. The highest BCUT2D eigenvalue weighted by Gasteiger charge is 2.01. The number of rotatable bonds is 5. The van der Waals surface area contributed by atoms with Crippen LogP contribution in [0.2, 0.25) is 0 Å². The van der Waals surface area contributed by atoms with E-state index in [0.717, 1.165) is 23.6 Å². The van der Waals surface area contributed by atoms with Crippen LogP contribution in [0.1, 0.15) is 22.4 Å². The molecule has 3 heteroatoms. The number of ether oxygens (including phenoxy) is 1. The minimum Gasteiger partial charge on any atom is -0.487 e. The summed E-state index contributed by atoms with van der Waals surface area (Å²) in [5, 5.41) is 3.10. The summed E-state index contributed by atoms with van der Waals surface area (Å²) in [5.41, 5.74) is 4.53. The normalized spacial score (nSPS) is 10.5. The van der Waals surface area contributed by atoms with Gasteiger partial charge in [-0.15, -0.1) is 0 Å². The van der Waals surface area contributed by atoms with Crippen LogP contribution in [-0.4, -0.2) is 12.0 Å². The van der Waals surface area contributed by atoms with Crippen molar-refractivity contribution < 1.29 is 4.74 Å². The molecule has 100 valence electrons. The van der Waals surface area contributed by atoms with E-state index < -0.39 is 0 Å². The summed E-state index contributed by atoms with van der Waals surface area (Å²) in [6, 6.07) is 10.3. The average molecular weight is 256 g/mol. The van der Waals surface area contributed by atoms with Crippen molar-refractivity contribution in [3.05, 3.63) is 58.9 Å². The van der Waals surface area contributed by atoms with E-state index in [1.807, 2.05) is 25.4 Å². The summed E-state index contributed by atoms with van der Waals surface area (Å²) >= 11 is 0. The lowest BCUT2D eigenvalue weighted by Gasteiger charge is -2.09. The van der Waals surface area contributed by atoms with Gasteiger partial charge in [0.15, 0.2) is 0 Å². The van der Waals surface area contributed by atoms with Crippen molar-refractivity contribution >= 4 is 0 Å². The molecule has 1 heterocycles. The van der Waals surface area contributed by atoms with Crippen LogP contribution in [0.15, 0.2) is 36.5 Å². The number of hydrogen-bond donors (Lipinski definition) is 1. The Morgan fingerprint density at radius 1 is 1.16 bits per heavy atom. The molecule has 0 aliphatic heterocycles. The molecule has 0 saturated carbocycles. The first-order valence-electron chi connectivity index (χ1n) is 6.47. The van der Waals surface area contributed by atoms with Gasteiger partial charge in [-0.3, -0.25) is 4.98 Å². The Bertz CT molecular complexity index is 535. The second-order valence-corrected chi connectivity index (χ2v) is 4.75. The quantitative estimate of drug-likeness (QED) is 0.893. The summed E-state index contributed by atoms with van der Waals surface area (Å²) < 4.78 is 5.80. The molecule has 3 nitrogen and oxygen atoms in total. The van der Waals surface area contributed by atoms with E-state index in [0.29, 0.717) is 6.61 Å². The molecular weight excluding hydrogens is 236 g/mol. The van der Waals surface area contributed by atoms with Crippen LogP contribution in [0, 0.1) is 13.8 Å². The number of pyridine rings is 1. The van der Waals surface area contributed by atoms with Gasteiger partial charge in [-0.2, -0.15) is 0 Å². The average Bonchev–Trinajstić information content (AvgIpc) is 2.40. The monoisotopic (exact) mass is 256 g/mol. The zero-order valence-electron chi connectivity index (χ0n) is 11.7. The highest BCUT2D eigenvalue weighted by atomic mass is 16.5. The van der Waals surface area contributed by atoms with Crippen LogP contribution in [0.5, 0.6) is 5.75 Å². The highest BCUT2D eigenvalue weighted by Crippen LogP contribution is 2.19. The number of aryl methyl sites for hydroxylation is 2. The minimum absolute atomic E-state index is 0.504. The van der Waals surface area contributed by atoms with Gasteiger partial charge in [0.05, 0.1) is 5.69 Å². The third-order valence-corrected chi connectivity index (χ3v) is 2.97. The van der Waals surface area contributed by atoms with E-state index in [2.05, 4.69) is 42.3 Å². The van der Waals surface area contributed by atoms with Crippen molar-refractivity contribution in [2.45, 2.75) is 27.0 Å². The maximum Gasteiger partial charge on any atom is 0.130 e. The van der Waals surface area contributed by atoms with Crippen molar-refractivity contribution in [1.29, 1.82) is 0 Å². The summed E-state index contributed by atoms with van der Waals surface area (Å²) in [6.45, 7) is 5.49. The molecule has 0 aliphatic carbocycles. The molecule has 0 radical (unpaired) electrons. The summed E-state index contributed by atoms with van der Waals surface area (Å²) in [6.07, 6.45) is 1.89. The zero-order valence-corrected chi connectivity index (χ0v) is 11.7. The topological polar surface area (TPSA) is 34.1 Å². The first kappa shape index (κ1) is 13.6. The summed E-state index contributed by atoms with van der Waals surface area (Å²) in [5.74, 6) is 0.923. The van der Waals surface area contributed by atoms with Gasteiger partial charge in [-0.1, -0.05) is 23.8 Å². The third kappa shape index (κ3) is 3.80. The number of aromatic nitrogens is 1. The van der Waals surface area contributed by atoms with Gasteiger partial charge in [0.25, 0.3) is 0 Å².